The summed E-state index contributed by atoms with van der Waals surface area (Å²) < 4.78 is 2.18. The van der Waals surface area contributed by atoms with Crippen molar-refractivity contribution >= 4 is 33.9 Å². The largest absolute Gasteiger partial charge is 0.350 e. The van der Waals surface area contributed by atoms with Crippen molar-refractivity contribution in [2.75, 3.05) is 5.32 Å². The lowest BCUT2D eigenvalue weighted by molar-refractivity contribution is 0.414. The van der Waals surface area contributed by atoms with Gasteiger partial charge >= 0.3 is 0 Å². The van der Waals surface area contributed by atoms with Gasteiger partial charge in [0.1, 0.15) is 0 Å². The van der Waals surface area contributed by atoms with E-state index in [1.807, 2.05) is 12.1 Å². The van der Waals surface area contributed by atoms with E-state index < -0.39 is 0 Å². The molecule has 4 rings (SSSR count). The number of nitrogens with zero attached hydrogens (tertiary/aromatic N) is 2. The molecule has 0 bridgehead atoms. The number of hydrogen-bond donors (Lipinski definition) is 1. The third kappa shape index (κ3) is 4.49. The zero-order valence-corrected chi connectivity index (χ0v) is 17.6. The zero-order valence-electron chi connectivity index (χ0n) is 16.8. The molecule has 0 amide bonds. The molecule has 3 nitrogen and oxygen atoms in total. The van der Waals surface area contributed by atoms with Crippen molar-refractivity contribution in [1.29, 1.82) is 0 Å². The van der Waals surface area contributed by atoms with Crippen LogP contribution < -0.4 is 5.32 Å². The van der Waals surface area contributed by atoms with Gasteiger partial charge in [0.2, 0.25) is 0 Å². The fourth-order valence-corrected chi connectivity index (χ4v) is 3.93. The summed E-state index contributed by atoms with van der Waals surface area (Å²) in [5.41, 5.74) is 5.97. The van der Waals surface area contributed by atoms with Crippen molar-refractivity contribution in [1.82, 2.24) is 9.47 Å². The Labute approximate surface area is 177 Å². The average Bonchev–Trinajstić information content (AvgIpc) is 3.04. The van der Waals surface area contributed by atoms with E-state index in [0.717, 1.165) is 23.9 Å². The number of thiocarbonyl (C=S) groups is 1. The molecule has 4 aromatic rings. The van der Waals surface area contributed by atoms with Crippen LogP contribution in [0, 0.1) is 6.92 Å². The number of hydrogen-bond acceptors (Lipinski definition) is 1. The summed E-state index contributed by atoms with van der Waals surface area (Å²) in [6, 6.07) is 27.3. The molecule has 0 aliphatic heterocycles. The molecule has 29 heavy (non-hydrogen) atoms. The SMILES string of the molecule is Cc1cccc(NC(=S)N(Cc2ccccc2)Cc2cn(C)c3ccccc23)c1. The van der Waals surface area contributed by atoms with Gasteiger partial charge in [-0.1, -0.05) is 60.7 Å². The summed E-state index contributed by atoms with van der Waals surface area (Å²) in [4.78, 5) is 2.23. The van der Waals surface area contributed by atoms with Crippen molar-refractivity contribution in [2.45, 2.75) is 20.0 Å². The Morgan fingerprint density at radius 3 is 2.48 bits per heavy atom. The minimum Gasteiger partial charge on any atom is -0.350 e. The second kappa shape index (κ2) is 8.50. The van der Waals surface area contributed by atoms with Crippen molar-refractivity contribution < 1.29 is 0 Å². The molecule has 0 radical (unpaired) electrons. The normalized spacial score (nSPS) is 10.8. The standard InChI is InChI=1S/C25H25N3S/c1-19-9-8-12-22(15-19)26-25(29)28(16-20-10-4-3-5-11-20)18-21-17-27(2)24-14-7-6-13-23(21)24/h3-15,17H,16,18H2,1-2H3,(H,26,29). The maximum absolute atomic E-state index is 5.84. The molecule has 3 aromatic carbocycles. The van der Waals surface area contributed by atoms with Gasteiger partial charge in [-0.25, -0.2) is 0 Å². The predicted octanol–water partition coefficient (Wildman–Crippen LogP) is 5.89. The van der Waals surface area contributed by atoms with E-state index in [1.165, 1.54) is 27.6 Å². The van der Waals surface area contributed by atoms with E-state index in [2.05, 4.69) is 102 Å². The lowest BCUT2D eigenvalue weighted by atomic mass is 10.1. The van der Waals surface area contributed by atoms with E-state index in [9.17, 15) is 0 Å². The van der Waals surface area contributed by atoms with Gasteiger partial charge in [0.05, 0.1) is 0 Å². The van der Waals surface area contributed by atoms with Crippen LogP contribution in [0.25, 0.3) is 10.9 Å². The highest BCUT2D eigenvalue weighted by atomic mass is 32.1. The molecule has 0 aliphatic rings. The van der Waals surface area contributed by atoms with Gasteiger partial charge in [-0.05, 0) is 54.0 Å². The van der Waals surface area contributed by atoms with Crippen LogP contribution in [0.15, 0.2) is 85.1 Å². The minimum atomic E-state index is 0.729. The quantitative estimate of drug-likeness (QED) is 0.423. The summed E-state index contributed by atoms with van der Waals surface area (Å²) in [5, 5.41) is 5.43. The predicted molar refractivity (Wildman–Crippen MR) is 126 cm³/mol. The third-order valence-electron chi connectivity index (χ3n) is 5.11. The topological polar surface area (TPSA) is 20.2 Å². The second-order valence-electron chi connectivity index (χ2n) is 7.42. The van der Waals surface area contributed by atoms with Gasteiger partial charge in [0, 0.05) is 42.9 Å². The Balaban J connectivity index is 1.63. The maximum Gasteiger partial charge on any atom is 0.174 e. The number of aromatic nitrogens is 1. The lowest BCUT2D eigenvalue weighted by Crippen LogP contribution is -2.33. The first-order valence-electron chi connectivity index (χ1n) is 9.79. The molecule has 0 spiro atoms. The second-order valence-corrected chi connectivity index (χ2v) is 7.81. The van der Waals surface area contributed by atoms with Crippen molar-refractivity contribution in [3.8, 4) is 0 Å². The van der Waals surface area contributed by atoms with Crippen LogP contribution >= 0.6 is 12.2 Å². The first-order valence-corrected chi connectivity index (χ1v) is 10.2. The number of para-hydroxylation sites is 1. The van der Waals surface area contributed by atoms with Crippen LogP contribution in [0.2, 0.25) is 0 Å². The fraction of sp³-hybridized carbons (Fsp3) is 0.160. The van der Waals surface area contributed by atoms with Crippen LogP contribution in [-0.4, -0.2) is 14.6 Å². The van der Waals surface area contributed by atoms with E-state index in [4.69, 9.17) is 12.2 Å². The minimum absolute atomic E-state index is 0.729. The Morgan fingerprint density at radius 1 is 0.931 bits per heavy atom. The average molecular weight is 400 g/mol. The van der Waals surface area contributed by atoms with Crippen LogP contribution in [0.3, 0.4) is 0 Å². The monoisotopic (exact) mass is 399 g/mol. The Morgan fingerprint density at radius 2 is 1.69 bits per heavy atom. The molecule has 0 unspecified atom stereocenters. The molecule has 0 saturated heterocycles. The van der Waals surface area contributed by atoms with E-state index >= 15 is 0 Å². The number of fused-ring (bicyclic) bond motifs is 1. The highest BCUT2D eigenvalue weighted by molar-refractivity contribution is 7.80. The van der Waals surface area contributed by atoms with Gasteiger partial charge in [-0.3, -0.25) is 0 Å². The highest BCUT2D eigenvalue weighted by Crippen LogP contribution is 2.23. The van der Waals surface area contributed by atoms with Crippen LogP contribution in [0.5, 0.6) is 0 Å². The zero-order chi connectivity index (χ0) is 20.2. The Bertz CT molecular complexity index is 1130. The summed E-state index contributed by atoms with van der Waals surface area (Å²) in [6.07, 6.45) is 2.21. The number of nitrogens with one attached hydrogen (secondary N) is 1. The van der Waals surface area contributed by atoms with E-state index in [0.29, 0.717) is 0 Å². The fourth-order valence-electron chi connectivity index (χ4n) is 3.69. The molecule has 0 fully saturated rings. The number of benzene rings is 3. The molecule has 146 valence electrons. The van der Waals surface area contributed by atoms with Crippen molar-refractivity contribution in [3.05, 3.63) is 102 Å². The molecule has 0 atom stereocenters. The van der Waals surface area contributed by atoms with Crippen LogP contribution in [0.1, 0.15) is 16.7 Å². The van der Waals surface area contributed by atoms with Gasteiger partial charge in [-0.2, -0.15) is 0 Å². The number of aryl methyl sites for hydroxylation is 2. The van der Waals surface area contributed by atoms with Gasteiger partial charge in [0.25, 0.3) is 0 Å². The molecule has 1 aromatic heterocycles. The highest BCUT2D eigenvalue weighted by Gasteiger charge is 2.15. The molecular weight excluding hydrogens is 374 g/mol. The maximum atomic E-state index is 5.84. The summed E-state index contributed by atoms with van der Waals surface area (Å²) >= 11 is 5.84. The van der Waals surface area contributed by atoms with Crippen molar-refractivity contribution in [3.63, 3.8) is 0 Å². The van der Waals surface area contributed by atoms with Gasteiger partial charge in [0.15, 0.2) is 5.11 Å². The lowest BCUT2D eigenvalue weighted by Gasteiger charge is -2.26. The molecule has 0 saturated carbocycles. The Kier molecular flexibility index (Phi) is 5.63. The molecule has 4 heteroatoms. The summed E-state index contributed by atoms with van der Waals surface area (Å²) in [7, 11) is 2.09. The first kappa shape index (κ1) is 19.2. The van der Waals surface area contributed by atoms with Gasteiger partial charge < -0.3 is 14.8 Å². The number of rotatable bonds is 5. The molecular formula is C25H25N3S. The first-order chi connectivity index (χ1) is 14.1. The molecule has 1 N–H and O–H groups in total. The smallest absolute Gasteiger partial charge is 0.174 e. The molecule has 0 aliphatic carbocycles. The van der Waals surface area contributed by atoms with E-state index in [1.54, 1.807) is 0 Å². The third-order valence-corrected chi connectivity index (χ3v) is 5.47. The van der Waals surface area contributed by atoms with Gasteiger partial charge in [-0.15, -0.1) is 0 Å². The Hall–Kier alpha value is -3.11. The van der Waals surface area contributed by atoms with E-state index in [-0.39, 0.29) is 0 Å². The van der Waals surface area contributed by atoms with Crippen LogP contribution in [-0.2, 0) is 20.1 Å². The van der Waals surface area contributed by atoms with Crippen molar-refractivity contribution in [2.24, 2.45) is 7.05 Å². The van der Waals surface area contributed by atoms with Crippen LogP contribution in [0.4, 0.5) is 5.69 Å². The number of anilines is 1. The molecule has 1 heterocycles. The summed E-state index contributed by atoms with van der Waals surface area (Å²) in [5.74, 6) is 0. The summed E-state index contributed by atoms with van der Waals surface area (Å²) in [6.45, 7) is 3.58.